The van der Waals surface area contributed by atoms with Gasteiger partial charge in [-0.05, 0) is 38.1 Å². The maximum Gasteiger partial charge on any atom is 0.339 e. The van der Waals surface area contributed by atoms with Crippen molar-refractivity contribution in [2.75, 3.05) is 19.6 Å². The SMILES string of the molecule is CC(C)(C)C(CN1CCCC1)OC(=O)c1ccccc1C(=O)O.Cl. The van der Waals surface area contributed by atoms with Crippen LogP contribution in [0.5, 0.6) is 0 Å². The van der Waals surface area contributed by atoms with Gasteiger partial charge in [0.05, 0.1) is 11.1 Å². The number of esters is 1. The van der Waals surface area contributed by atoms with E-state index in [1.807, 2.05) is 20.8 Å². The van der Waals surface area contributed by atoms with Gasteiger partial charge in [0.2, 0.25) is 0 Å². The van der Waals surface area contributed by atoms with E-state index in [-0.39, 0.29) is 35.1 Å². The van der Waals surface area contributed by atoms with Gasteiger partial charge in [-0.25, -0.2) is 9.59 Å². The van der Waals surface area contributed by atoms with Gasteiger partial charge in [0, 0.05) is 12.0 Å². The van der Waals surface area contributed by atoms with E-state index in [4.69, 9.17) is 4.74 Å². The van der Waals surface area contributed by atoms with Gasteiger partial charge in [0.25, 0.3) is 0 Å². The molecule has 0 radical (unpaired) electrons. The van der Waals surface area contributed by atoms with E-state index < -0.39 is 11.9 Å². The highest BCUT2D eigenvalue weighted by atomic mass is 35.5. The maximum absolute atomic E-state index is 12.5. The Bertz CT molecular complexity index is 577. The zero-order chi connectivity index (χ0) is 17.0. The smallest absolute Gasteiger partial charge is 0.339 e. The topological polar surface area (TPSA) is 66.8 Å². The first-order chi connectivity index (χ1) is 10.8. The van der Waals surface area contributed by atoms with Crippen LogP contribution in [0.4, 0.5) is 0 Å². The Balaban J connectivity index is 0.00000288. The van der Waals surface area contributed by atoms with Crippen LogP contribution in [0.15, 0.2) is 24.3 Å². The molecule has 5 nitrogen and oxygen atoms in total. The number of likely N-dealkylation sites (tertiary alicyclic amines) is 1. The molecule has 6 heteroatoms. The number of carboxylic acid groups (broad SMARTS) is 1. The van der Waals surface area contributed by atoms with Crippen LogP contribution in [-0.2, 0) is 4.74 Å². The number of carboxylic acids is 1. The highest BCUT2D eigenvalue weighted by Crippen LogP contribution is 2.26. The van der Waals surface area contributed by atoms with Crippen molar-refractivity contribution in [2.45, 2.75) is 39.7 Å². The third-order valence-electron chi connectivity index (χ3n) is 4.22. The minimum Gasteiger partial charge on any atom is -0.478 e. The standard InChI is InChI=1S/C18H25NO4.ClH/c1-18(2,3)15(12-19-10-6-7-11-19)23-17(22)14-9-5-4-8-13(14)16(20)21;/h4-5,8-9,15H,6-7,10-12H2,1-3H3,(H,20,21);1H. The van der Waals surface area contributed by atoms with Crippen LogP contribution in [0.2, 0.25) is 0 Å². The van der Waals surface area contributed by atoms with Crippen molar-refractivity contribution in [3.05, 3.63) is 35.4 Å². The number of rotatable bonds is 5. The van der Waals surface area contributed by atoms with Crippen molar-refractivity contribution >= 4 is 24.3 Å². The monoisotopic (exact) mass is 355 g/mol. The first kappa shape index (κ1) is 20.5. The molecule has 1 atom stereocenters. The molecule has 0 aromatic heterocycles. The Labute approximate surface area is 149 Å². The zero-order valence-electron chi connectivity index (χ0n) is 14.4. The molecule has 1 aromatic rings. The van der Waals surface area contributed by atoms with Crippen LogP contribution in [0.1, 0.15) is 54.3 Å². The van der Waals surface area contributed by atoms with Gasteiger partial charge >= 0.3 is 11.9 Å². The average Bonchev–Trinajstić information content (AvgIpc) is 2.98. The van der Waals surface area contributed by atoms with E-state index >= 15 is 0 Å². The lowest BCUT2D eigenvalue weighted by atomic mass is 9.88. The van der Waals surface area contributed by atoms with Gasteiger partial charge in [-0.15, -0.1) is 12.4 Å². The van der Waals surface area contributed by atoms with Crippen molar-refractivity contribution in [1.29, 1.82) is 0 Å². The molecule has 1 unspecified atom stereocenters. The molecule has 0 spiro atoms. The molecule has 1 N–H and O–H groups in total. The van der Waals surface area contributed by atoms with Crippen LogP contribution in [-0.4, -0.2) is 47.7 Å². The Hall–Kier alpha value is -1.59. The highest BCUT2D eigenvalue weighted by Gasteiger charge is 2.32. The zero-order valence-corrected chi connectivity index (χ0v) is 15.3. The maximum atomic E-state index is 12.5. The van der Waals surface area contributed by atoms with E-state index in [1.54, 1.807) is 12.1 Å². The number of aromatic carboxylic acids is 1. The first-order valence-corrected chi connectivity index (χ1v) is 8.04. The normalized spacial score (nSPS) is 16.3. The number of halogens is 1. The summed E-state index contributed by atoms with van der Waals surface area (Å²) in [5, 5.41) is 9.22. The van der Waals surface area contributed by atoms with Crippen molar-refractivity contribution in [3.63, 3.8) is 0 Å². The molecular formula is C18H26ClNO4. The van der Waals surface area contributed by atoms with Crippen molar-refractivity contribution in [2.24, 2.45) is 5.41 Å². The molecule has 0 saturated carbocycles. The lowest BCUT2D eigenvalue weighted by molar-refractivity contribution is -0.0147. The summed E-state index contributed by atoms with van der Waals surface area (Å²) in [6, 6.07) is 6.17. The Morgan fingerprint density at radius 3 is 2.21 bits per heavy atom. The number of hydrogen-bond acceptors (Lipinski definition) is 4. The highest BCUT2D eigenvalue weighted by molar-refractivity contribution is 6.02. The van der Waals surface area contributed by atoms with E-state index in [1.165, 1.54) is 25.0 Å². The molecule has 24 heavy (non-hydrogen) atoms. The number of carbonyl (C=O) groups is 2. The molecule has 0 amide bonds. The van der Waals surface area contributed by atoms with Crippen LogP contribution < -0.4 is 0 Å². The van der Waals surface area contributed by atoms with Gasteiger partial charge in [-0.2, -0.15) is 0 Å². The molecule has 1 aliphatic rings. The second-order valence-corrected chi connectivity index (χ2v) is 7.12. The van der Waals surface area contributed by atoms with Crippen molar-refractivity contribution in [1.82, 2.24) is 4.90 Å². The van der Waals surface area contributed by atoms with Crippen LogP contribution in [0.3, 0.4) is 0 Å². The summed E-state index contributed by atoms with van der Waals surface area (Å²) >= 11 is 0. The largest absolute Gasteiger partial charge is 0.478 e. The van der Waals surface area contributed by atoms with Gasteiger partial charge in [-0.3, -0.25) is 4.90 Å². The van der Waals surface area contributed by atoms with Crippen molar-refractivity contribution in [3.8, 4) is 0 Å². The second-order valence-electron chi connectivity index (χ2n) is 7.12. The predicted molar refractivity (Wildman–Crippen MR) is 95.0 cm³/mol. The first-order valence-electron chi connectivity index (χ1n) is 8.04. The number of hydrogen-bond donors (Lipinski definition) is 1. The average molecular weight is 356 g/mol. The molecule has 1 saturated heterocycles. The quantitative estimate of drug-likeness (QED) is 0.819. The van der Waals surface area contributed by atoms with E-state index in [9.17, 15) is 14.7 Å². The summed E-state index contributed by atoms with van der Waals surface area (Å²) in [6.07, 6.45) is 2.06. The molecule has 134 valence electrons. The summed E-state index contributed by atoms with van der Waals surface area (Å²) < 4.78 is 5.71. The fraction of sp³-hybridized carbons (Fsp3) is 0.556. The Morgan fingerprint density at radius 1 is 1.17 bits per heavy atom. The van der Waals surface area contributed by atoms with Gasteiger partial charge in [0.1, 0.15) is 6.10 Å². The number of carbonyl (C=O) groups excluding carboxylic acids is 1. The minimum atomic E-state index is -1.12. The van der Waals surface area contributed by atoms with Crippen LogP contribution in [0, 0.1) is 5.41 Å². The number of benzene rings is 1. The Kier molecular flexibility index (Phi) is 7.24. The fourth-order valence-corrected chi connectivity index (χ4v) is 2.73. The summed E-state index contributed by atoms with van der Waals surface area (Å²) in [5.41, 5.74) is -0.127. The summed E-state index contributed by atoms with van der Waals surface area (Å²) in [5.74, 6) is -1.69. The molecule has 0 bridgehead atoms. The molecule has 1 heterocycles. The van der Waals surface area contributed by atoms with Crippen molar-refractivity contribution < 1.29 is 19.4 Å². The van der Waals surface area contributed by atoms with E-state index in [0.29, 0.717) is 6.54 Å². The van der Waals surface area contributed by atoms with E-state index in [2.05, 4.69) is 4.90 Å². The molecule has 1 aliphatic heterocycles. The molecular weight excluding hydrogens is 330 g/mol. The molecule has 1 aromatic carbocycles. The minimum absolute atomic E-state index is 0. The summed E-state index contributed by atoms with van der Waals surface area (Å²) in [4.78, 5) is 26.1. The molecule has 2 rings (SSSR count). The van der Waals surface area contributed by atoms with Crippen LogP contribution in [0.25, 0.3) is 0 Å². The summed E-state index contributed by atoms with van der Waals surface area (Å²) in [7, 11) is 0. The van der Waals surface area contributed by atoms with Gasteiger partial charge < -0.3 is 9.84 Å². The Morgan fingerprint density at radius 2 is 1.71 bits per heavy atom. The lowest BCUT2D eigenvalue weighted by Crippen LogP contribution is -2.41. The van der Waals surface area contributed by atoms with Gasteiger partial charge in [0.15, 0.2) is 0 Å². The van der Waals surface area contributed by atoms with Crippen LogP contribution >= 0.6 is 12.4 Å². The molecule has 1 fully saturated rings. The second kappa shape index (κ2) is 8.49. The fourth-order valence-electron chi connectivity index (χ4n) is 2.73. The van der Waals surface area contributed by atoms with Gasteiger partial charge in [-0.1, -0.05) is 32.9 Å². The summed E-state index contributed by atoms with van der Waals surface area (Å²) in [6.45, 7) is 8.83. The lowest BCUT2D eigenvalue weighted by Gasteiger charge is -2.33. The third kappa shape index (κ3) is 5.21. The number of ether oxygens (including phenoxy) is 1. The predicted octanol–water partition coefficient (Wildman–Crippen LogP) is 3.47. The third-order valence-corrected chi connectivity index (χ3v) is 4.22. The molecule has 0 aliphatic carbocycles. The van der Waals surface area contributed by atoms with E-state index in [0.717, 1.165) is 13.1 Å². The number of nitrogens with zero attached hydrogens (tertiary/aromatic N) is 1.